The van der Waals surface area contributed by atoms with E-state index in [0.717, 1.165) is 50.3 Å². The zero-order valence-electron chi connectivity index (χ0n) is 13.1. The molecule has 118 valence electrons. The molecule has 4 heteroatoms. The predicted molar refractivity (Wildman–Crippen MR) is 85.1 cm³/mol. The van der Waals surface area contributed by atoms with E-state index in [1.807, 2.05) is 12.1 Å². The van der Waals surface area contributed by atoms with Crippen molar-refractivity contribution in [2.75, 3.05) is 33.4 Å². The van der Waals surface area contributed by atoms with Crippen molar-refractivity contribution in [3.63, 3.8) is 0 Å². The molecule has 2 heterocycles. The fourth-order valence-electron chi connectivity index (χ4n) is 3.33. The summed E-state index contributed by atoms with van der Waals surface area (Å²) in [4.78, 5) is 14.0. The number of rotatable bonds is 4. The van der Waals surface area contributed by atoms with Gasteiger partial charge in [-0.2, -0.15) is 0 Å². The predicted octanol–water partition coefficient (Wildman–Crippen LogP) is 2.75. The monoisotopic (exact) mass is 301 g/mol. The molecule has 0 fully saturated rings. The second kappa shape index (κ2) is 6.97. The van der Waals surface area contributed by atoms with E-state index in [0.29, 0.717) is 12.5 Å². The Hall–Kier alpha value is -1.81. The number of hydrogen-bond donors (Lipinski definition) is 0. The highest BCUT2D eigenvalue weighted by Crippen LogP contribution is 2.35. The van der Waals surface area contributed by atoms with Gasteiger partial charge in [0.2, 0.25) is 0 Å². The van der Waals surface area contributed by atoms with Gasteiger partial charge >= 0.3 is 5.97 Å². The first-order chi connectivity index (χ1) is 10.8. The van der Waals surface area contributed by atoms with E-state index >= 15 is 0 Å². The van der Waals surface area contributed by atoms with Crippen LogP contribution in [-0.4, -0.2) is 44.2 Å². The van der Waals surface area contributed by atoms with Gasteiger partial charge in [0.15, 0.2) is 0 Å². The van der Waals surface area contributed by atoms with Gasteiger partial charge in [-0.25, -0.2) is 4.79 Å². The van der Waals surface area contributed by atoms with Crippen molar-refractivity contribution in [2.45, 2.75) is 25.2 Å². The standard InChI is InChI=1S/C18H23NO3/c1-21-18(20)15-5-4-10-19(13-15)11-8-14-9-12-22-17-7-3-2-6-16(14)17/h2-3,5-7,14H,4,8-13H2,1H3. The number of benzene rings is 1. The minimum Gasteiger partial charge on any atom is -0.493 e. The third kappa shape index (κ3) is 3.33. The normalized spacial score (nSPS) is 21.5. The molecule has 4 nitrogen and oxygen atoms in total. The molecule has 2 aliphatic rings. The van der Waals surface area contributed by atoms with E-state index in [1.165, 1.54) is 12.7 Å². The Morgan fingerprint density at radius 1 is 1.41 bits per heavy atom. The van der Waals surface area contributed by atoms with Gasteiger partial charge in [-0.3, -0.25) is 4.90 Å². The molecule has 1 aromatic rings. The molecule has 0 amide bonds. The number of ether oxygens (including phenoxy) is 2. The molecule has 3 rings (SSSR count). The van der Waals surface area contributed by atoms with Crippen LogP contribution in [0.15, 0.2) is 35.9 Å². The van der Waals surface area contributed by atoms with Gasteiger partial charge in [-0.15, -0.1) is 0 Å². The van der Waals surface area contributed by atoms with Gasteiger partial charge in [0.1, 0.15) is 5.75 Å². The Bertz CT molecular complexity index is 567. The number of hydrogen-bond acceptors (Lipinski definition) is 4. The smallest absolute Gasteiger partial charge is 0.334 e. The first-order valence-corrected chi connectivity index (χ1v) is 7.99. The number of para-hydroxylation sites is 1. The molecule has 0 N–H and O–H groups in total. The fourth-order valence-corrected chi connectivity index (χ4v) is 3.33. The van der Waals surface area contributed by atoms with Crippen molar-refractivity contribution in [1.82, 2.24) is 4.90 Å². The van der Waals surface area contributed by atoms with Gasteiger partial charge in [0.25, 0.3) is 0 Å². The average Bonchev–Trinajstić information content (AvgIpc) is 2.59. The van der Waals surface area contributed by atoms with E-state index in [-0.39, 0.29) is 5.97 Å². The lowest BCUT2D eigenvalue weighted by Gasteiger charge is -2.30. The molecule has 0 saturated carbocycles. The lowest BCUT2D eigenvalue weighted by atomic mass is 9.90. The van der Waals surface area contributed by atoms with Crippen LogP contribution in [0.2, 0.25) is 0 Å². The number of nitrogens with zero attached hydrogens (tertiary/aromatic N) is 1. The van der Waals surface area contributed by atoms with Gasteiger partial charge in [0, 0.05) is 18.7 Å². The van der Waals surface area contributed by atoms with Gasteiger partial charge in [-0.05, 0) is 43.4 Å². The van der Waals surface area contributed by atoms with Crippen molar-refractivity contribution in [1.29, 1.82) is 0 Å². The maximum atomic E-state index is 11.6. The fraction of sp³-hybridized carbons (Fsp3) is 0.500. The SMILES string of the molecule is COC(=O)C1=CCCN(CCC2CCOc3ccccc32)C1. The summed E-state index contributed by atoms with van der Waals surface area (Å²) in [5.41, 5.74) is 2.12. The van der Waals surface area contributed by atoms with Crippen molar-refractivity contribution < 1.29 is 14.3 Å². The van der Waals surface area contributed by atoms with Crippen LogP contribution in [-0.2, 0) is 9.53 Å². The lowest BCUT2D eigenvalue weighted by molar-refractivity contribution is -0.136. The van der Waals surface area contributed by atoms with Gasteiger partial charge in [0.05, 0.1) is 13.7 Å². The minimum absolute atomic E-state index is 0.193. The summed E-state index contributed by atoms with van der Waals surface area (Å²) in [6.07, 6.45) is 5.11. The second-order valence-electron chi connectivity index (χ2n) is 5.95. The van der Waals surface area contributed by atoms with Crippen LogP contribution in [0.3, 0.4) is 0 Å². The van der Waals surface area contributed by atoms with Crippen LogP contribution in [0.5, 0.6) is 5.75 Å². The molecule has 2 aliphatic heterocycles. The number of carbonyl (C=O) groups excluding carboxylic acids is 1. The highest BCUT2D eigenvalue weighted by atomic mass is 16.5. The maximum Gasteiger partial charge on any atom is 0.334 e. The highest BCUT2D eigenvalue weighted by Gasteiger charge is 2.23. The van der Waals surface area contributed by atoms with E-state index in [4.69, 9.17) is 9.47 Å². The summed E-state index contributed by atoms with van der Waals surface area (Å²) in [6, 6.07) is 8.34. The molecule has 1 atom stereocenters. The van der Waals surface area contributed by atoms with Crippen LogP contribution in [0.1, 0.15) is 30.7 Å². The van der Waals surface area contributed by atoms with E-state index in [1.54, 1.807) is 0 Å². The number of fused-ring (bicyclic) bond motifs is 1. The summed E-state index contributed by atoms with van der Waals surface area (Å²) < 4.78 is 10.6. The molecular weight excluding hydrogens is 278 g/mol. The maximum absolute atomic E-state index is 11.6. The van der Waals surface area contributed by atoms with Crippen LogP contribution < -0.4 is 4.74 Å². The molecule has 0 aromatic heterocycles. The molecule has 0 saturated heterocycles. The van der Waals surface area contributed by atoms with Crippen LogP contribution in [0.25, 0.3) is 0 Å². The Labute approximate surface area is 131 Å². The van der Waals surface area contributed by atoms with Crippen LogP contribution in [0.4, 0.5) is 0 Å². The molecule has 1 aromatic carbocycles. The molecule has 0 bridgehead atoms. The van der Waals surface area contributed by atoms with Crippen molar-refractivity contribution in [3.8, 4) is 5.75 Å². The third-order valence-corrected chi connectivity index (χ3v) is 4.55. The summed E-state index contributed by atoms with van der Waals surface area (Å²) in [7, 11) is 1.45. The third-order valence-electron chi connectivity index (χ3n) is 4.55. The summed E-state index contributed by atoms with van der Waals surface area (Å²) >= 11 is 0. The molecule has 22 heavy (non-hydrogen) atoms. The zero-order chi connectivity index (χ0) is 15.4. The van der Waals surface area contributed by atoms with Crippen molar-refractivity contribution in [2.24, 2.45) is 0 Å². The zero-order valence-corrected chi connectivity index (χ0v) is 13.1. The molecule has 0 spiro atoms. The first-order valence-electron chi connectivity index (χ1n) is 7.99. The Morgan fingerprint density at radius 2 is 2.27 bits per heavy atom. The van der Waals surface area contributed by atoms with Crippen LogP contribution >= 0.6 is 0 Å². The highest BCUT2D eigenvalue weighted by molar-refractivity contribution is 5.88. The Kier molecular flexibility index (Phi) is 4.78. The summed E-state index contributed by atoms with van der Waals surface area (Å²) in [5, 5.41) is 0. The molecular formula is C18H23NO3. The number of methoxy groups -OCH3 is 1. The average molecular weight is 301 g/mol. The van der Waals surface area contributed by atoms with Gasteiger partial charge in [-0.1, -0.05) is 24.3 Å². The summed E-state index contributed by atoms with van der Waals surface area (Å²) in [6.45, 7) is 3.53. The molecule has 1 unspecified atom stereocenters. The van der Waals surface area contributed by atoms with E-state index in [9.17, 15) is 4.79 Å². The first kappa shape index (κ1) is 15.1. The van der Waals surface area contributed by atoms with Crippen LogP contribution in [0, 0.1) is 0 Å². The Morgan fingerprint density at radius 3 is 3.14 bits per heavy atom. The van der Waals surface area contributed by atoms with Crippen molar-refractivity contribution >= 4 is 5.97 Å². The van der Waals surface area contributed by atoms with Crippen molar-refractivity contribution in [3.05, 3.63) is 41.5 Å². The second-order valence-corrected chi connectivity index (χ2v) is 5.95. The Balaban J connectivity index is 1.58. The topological polar surface area (TPSA) is 38.8 Å². The molecule has 0 aliphatic carbocycles. The lowest BCUT2D eigenvalue weighted by Crippen LogP contribution is -2.34. The van der Waals surface area contributed by atoms with Gasteiger partial charge < -0.3 is 9.47 Å². The number of esters is 1. The quantitative estimate of drug-likeness (QED) is 0.802. The van der Waals surface area contributed by atoms with E-state index in [2.05, 4.69) is 23.1 Å². The minimum atomic E-state index is -0.193. The molecule has 0 radical (unpaired) electrons. The van der Waals surface area contributed by atoms with E-state index < -0.39 is 0 Å². The summed E-state index contributed by atoms with van der Waals surface area (Å²) in [5.74, 6) is 1.39. The largest absolute Gasteiger partial charge is 0.493 e. The number of carbonyl (C=O) groups is 1.